The molecule has 0 aromatic heterocycles. The molecule has 0 fully saturated rings. The first-order chi connectivity index (χ1) is 5.65. The lowest BCUT2D eigenvalue weighted by atomic mass is 10.0. The molecule has 1 atom stereocenters. The summed E-state index contributed by atoms with van der Waals surface area (Å²) >= 11 is 0. The van der Waals surface area contributed by atoms with Crippen LogP contribution >= 0.6 is 0 Å². The monoisotopic (exact) mass is 167 g/mol. The summed E-state index contributed by atoms with van der Waals surface area (Å²) in [5.41, 5.74) is 6.10. The number of nitrogens with two attached hydrogens (primary N) is 1. The summed E-state index contributed by atoms with van der Waals surface area (Å²) in [7, 11) is 0. The predicted molar refractivity (Wildman–Crippen MR) is 45.3 cm³/mol. The Morgan fingerprint density at radius 2 is 2.25 bits per heavy atom. The highest BCUT2D eigenvalue weighted by Gasteiger charge is 2.09. The van der Waals surface area contributed by atoms with Gasteiger partial charge in [0.2, 0.25) is 0 Å². The average Bonchev–Trinajstić information content (AvgIpc) is 2.03. The maximum Gasteiger partial charge on any atom is 0.129 e. The Kier molecular flexibility index (Phi) is 2.43. The summed E-state index contributed by atoms with van der Waals surface area (Å²) in [6.45, 7) is 1.64. The van der Waals surface area contributed by atoms with Crippen LogP contribution in [-0.4, -0.2) is 6.29 Å². The second-order valence-corrected chi connectivity index (χ2v) is 2.71. The molecule has 0 spiro atoms. The van der Waals surface area contributed by atoms with Crippen molar-refractivity contribution >= 4 is 12.0 Å². The molecule has 2 nitrogen and oxygen atoms in total. The van der Waals surface area contributed by atoms with Crippen LogP contribution < -0.4 is 5.73 Å². The molecule has 0 saturated carbocycles. The van der Waals surface area contributed by atoms with Crippen molar-refractivity contribution in [1.82, 2.24) is 0 Å². The van der Waals surface area contributed by atoms with Crippen molar-refractivity contribution in [2.75, 3.05) is 5.73 Å². The van der Waals surface area contributed by atoms with Gasteiger partial charge in [-0.3, -0.25) is 0 Å². The molecule has 2 N–H and O–H groups in total. The van der Waals surface area contributed by atoms with E-state index in [0.717, 1.165) is 0 Å². The number of hydrogen-bond acceptors (Lipinski definition) is 2. The minimum absolute atomic E-state index is 0.370. The molecule has 0 radical (unpaired) electrons. The lowest BCUT2D eigenvalue weighted by molar-refractivity contribution is -0.108. The third-order valence-electron chi connectivity index (χ3n) is 1.72. The zero-order valence-electron chi connectivity index (χ0n) is 6.75. The zero-order chi connectivity index (χ0) is 9.14. The Labute approximate surface area is 70.2 Å². The highest BCUT2D eigenvalue weighted by atomic mass is 19.1. The first kappa shape index (κ1) is 8.71. The van der Waals surface area contributed by atoms with Crippen LogP contribution in [0.4, 0.5) is 10.1 Å². The molecule has 0 amide bonds. The number of anilines is 1. The van der Waals surface area contributed by atoms with Crippen LogP contribution in [0.5, 0.6) is 0 Å². The van der Waals surface area contributed by atoms with Gasteiger partial charge in [-0.2, -0.15) is 0 Å². The maximum atomic E-state index is 13.0. The van der Waals surface area contributed by atoms with Gasteiger partial charge in [0.05, 0.1) is 0 Å². The fourth-order valence-electron chi connectivity index (χ4n) is 0.986. The third-order valence-corrected chi connectivity index (χ3v) is 1.72. The van der Waals surface area contributed by atoms with Crippen LogP contribution in [0, 0.1) is 5.82 Å². The molecular formula is C9H10FNO. The Balaban J connectivity index is 3.09. The van der Waals surface area contributed by atoms with Crippen molar-refractivity contribution in [3.05, 3.63) is 29.6 Å². The fraction of sp³-hybridized carbons (Fsp3) is 0.222. The van der Waals surface area contributed by atoms with E-state index in [1.165, 1.54) is 12.1 Å². The van der Waals surface area contributed by atoms with E-state index >= 15 is 0 Å². The summed E-state index contributed by atoms with van der Waals surface area (Å²) in [6.07, 6.45) is 0.703. The fourth-order valence-corrected chi connectivity index (χ4v) is 0.986. The van der Waals surface area contributed by atoms with Crippen molar-refractivity contribution in [3.8, 4) is 0 Å². The average molecular weight is 167 g/mol. The molecule has 1 aromatic carbocycles. The summed E-state index contributed by atoms with van der Waals surface area (Å²) < 4.78 is 13.0. The molecule has 0 aliphatic rings. The summed E-state index contributed by atoms with van der Waals surface area (Å²) in [6, 6.07) is 4.33. The largest absolute Gasteiger partial charge is 0.399 e. The quantitative estimate of drug-likeness (QED) is 0.538. The highest BCUT2D eigenvalue weighted by Crippen LogP contribution is 2.18. The molecule has 1 aromatic rings. The lowest BCUT2D eigenvalue weighted by Gasteiger charge is -2.05. The van der Waals surface area contributed by atoms with Crippen LogP contribution in [0.2, 0.25) is 0 Å². The van der Waals surface area contributed by atoms with E-state index in [0.29, 0.717) is 17.5 Å². The minimum atomic E-state index is -0.422. The molecule has 0 bridgehead atoms. The lowest BCUT2D eigenvalue weighted by Crippen LogP contribution is -1.99. The van der Waals surface area contributed by atoms with Crippen LogP contribution in [0.1, 0.15) is 18.4 Å². The molecule has 64 valence electrons. The van der Waals surface area contributed by atoms with Crippen molar-refractivity contribution < 1.29 is 9.18 Å². The van der Waals surface area contributed by atoms with Gasteiger partial charge in [-0.1, -0.05) is 13.0 Å². The van der Waals surface area contributed by atoms with E-state index in [2.05, 4.69) is 0 Å². The van der Waals surface area contributed by atoms with Crippen LogP contribution in [0.15, 0.2) is 18.2 Å². The molecule has 0 saturated heterocycles. The molecule has 1 rings (SSSR count). The predicted octanol–water partition coefficient (Wildman–Crippen LogP) is 1.71. The maximum absolute atomic E-state index is 13.0. The second kappa shape index (κ2) is 3.34. The van der Waals surface area contributed by atoms with Crippen molar-refractivity contribution in [2.24, 2.45) is 0 Å². The molecule has 12 heavy (non-hydrogen) atoms. The summed E-state index contributed by atoms with van der Waals surface area (Å²) in [5, 5.41) is 0. The van der Waals surface area contributed by atoms with Gasteiger partial charge in [0.1, 0.15) is 12.1 Å². The van der Waals surface area contributed by atoms with Gasteiger partial charge in [0.25, 0.3) is 0 Å². The van der Waals surface area contributed by atoms with E-state index in [9.17, 15) is 9.18 Å². The van der Waals surface area contributed by atoms with Gasteiger partial charge in [0, 0.05) is 11.6 Å². The van der Waals surface area contributed by atoms with E-state index in [1.54, 1.807) is 13.0 Å². The van der Waals surface area contributed by atoms with Gasteiger partial charge in [-0.15, -0.1) is 0 Å². The van der Waals surface area contributed by atoms with Gasteiger partial charge >= 0.3 is 0 Å². The Bertz CT molecular complexity index is 299. The van der Waals surface area contributed by atoms with Crippen LogP contribution in [0.3, 0.4) is 0 Å². The van der Waals surface area contributed by atoms with Crippen molar-refractivity contribution in [1.29, 1.82) is 0 Å². The zero-order valence-corrected chi connectivity index (χ0v) is 6.75. The van der Waals surface area contributed by atoms with Gasteiger partial charge in [-0.05, 0) is 17.7 Å². The van der Waals surface area contributed by atoms with Crippen LogP contribution in [-0.2, 0) is 4.79 Å². The molecule has 0 aliphatic carbocycles. The van der Waals surface area contributed by atoms with Gasteiger partial charge < -0.3 is 10.5 Å². The number of carbonyl (C=O) groups is 1. The number of rotatable bonds is 2. The van der Waals surface area contributed by atoms with E-state index in [-0.39, 0.29) is 0 Å². The molecule has 0 aliphatic heterocycles. The van der Waals surface area contributed by atoms with Gasteiger partial charge in [-0.25, -0.2) is 4.39 Å². The van der Waals surface area contributed by atoms with Crippen LogP contribution in [0.25, 0.3) is 0 Å². The van der Waals surface area contributed by atoms with Crippen molar-refractivity contribution in [3.63, 3.8) is 0 Å². The number of aldehydes is 1. The molecule has 0 heterocycles. The first-order valence-corrected chi connectivity index (χ1v) is 3.65. The summed E-state index contributed by atoms with van der Waals surface area (Å²) in [5.74, 6) is -0.833. The topological polar surface area (TPSA) is 43.1 Å². The highest BCUT2D eigenvalue weighted by molar-refractivity contribution is 5.62. The second-order valence-electron chi connectivity index (χ2n) is 2.71. The summed E-state index contributed by atoms with van der Waals surface area (Å²) in [4.78, 5) is 10.3. The van der Waals surface area contributed by atoms with E-state index < -0.39 is 11.7 Å². The smallest absolute Gasteiger partial charge is 0.129 e. The minimum Gasteiger partial charge on any atom is -0.399 e. The Hall–Kier alpha value is -1.38. The first-order valence-electron chi connectivity index (χ1n) is 3.65. The number of halogens is 1. The Morgan fingerprint density at radius 3 is 2.75 bits per heavy atom. The number of benzene rings is 1. The number of carbonyl (C=O) groups excluding carboxylic acids is 1. The third kappa shape index (κ3) is 1.61. The van der Waals surface area contributed by atoms with E-state index in [4.69, 9.17) is 5.73 Å². The molecule has 1 unspecified atom stereocenters. The van der Waals surface area contributed by atoms with Crippen molar-refractivity contribution in [2.45, 2.75) is 12.8 Å². The number of hydrogen-bond donors (Lipinski definition) is 1. The SMILES string of the molecule is CC(C=O)c1ccc(N)cc1F. The number of nitrogen functional groups attached to an aromatic ring is 1. The standard InChI is InChI=1S/C9H10FNO/c1-6(5-12)8-3-2-7(11)4-9(8)10/h2-6H,11H2,1H3. The Morgan fingerprint density at radius 1 is 1.58 bits per heavy atom. The molecular weight excluding hydrogens is 157 g/mol. The van der Waals surface area contributed by atoms with Gasteiger partial charge in [0.15, 0.2) is 0 Å². The molecule has 3 heteroatoms. The normalized spacial score (nSPS) is 12.5. The van der Waals surface area contributed by atoms with E-state index in [1.807, 2.05) is 0 Å².